The standard InChI is InChI=1S/C14H29N/c1-3-5-8-11-14(4-2)15-12-9-6-7-10-13-15/h14H,3-13H2,1-2H3. The molecule has 1 fully saturated rings. The van der Waals surface area contributed by atoms with E-state index in [0.717, 1.165) is 6.04 Å². The normalized spacial score (nSPS) is 21.2. The lowest BCUT2D eigenvalue weighted by atomic mass is 10.0. The highest BCUT2D eigenvalue weighted by Crippen LogP contribution is 2.18. The Hall–Kier alpha value is -0.0400. The van der Waals surface area contributed by atoms with Gasteiger partial charge in [0.15, 0.2) is 0 Å². The maximum absolute atomic E-state index is 2.77. The van der Waals surface area contributed by atoms with Crippen LogP contribution >= 0.6 is 0 Å². The van der Waals surface area contributed by atoms with Crippen molar-refractivity contribution in [1.29, 1.82) is 0 Å². The summed E-state index contributed by atoms with van der Waals surface area (Å²) in [4.78, 5) is 2.77. The van der Waals surface area contributed by atoms with Crippen LogP contribution in [0.3, 0.4) is 0 Å². The van der Waals surface area contributed by atoms with Crippen LogP contribution in [0.5, 0.6) is 0 Å². The topological polar surface area (TPSA) is 3.24 Å². The molecule has 1 atom stereocenters. The molecule has 1 rings (SSSR count). The highest BCUT2D eigenvalue weighted by atomic mass is 15.1. The zero-order valence-corrected chi connectivity index (χ0v) is 10.8. The molecule has 0 aliphatic carbocycles. The van der Waals surface area contributed by atoms with E-state index in [2.05, 4.69) is 18.7 Å². The third kappa shape index (κ3) is 5.01. The molecule has 1 heterocycles. The zero-order chi connectivity index (χ0) is 10.9. The Bertz CT molecular complexity index is 136. The van der Waals surface area contributed by atoms with Gasteiger partial charge in [0.1, 0.15) is 0 Å². The third-order valence-corrected chi connectivity index (χ3v) is 3.77. The first-order valence-corrected chi connectivity index (χ1v) is 7.12. The van der Waals surface area contributed by atoms with Crippen LogP contribution < -0.4 is 0 Å². The van der Waals surface area contributed by atoms with Crippen LogP contribution in [0.1, 0.15) is 71.6 Å². The Morgan fingerprint density at radius 3 is 2.13 bits per heavy atom. The molecule has 0 saturated carbocycles. The van der Waals surface area contributed by atoms with E-state index in [-0.39, 0.29) is 0 Å². The molecule has 15 heavy (non-hydrogen) atoms. The Labute approximate surface area is 96.2 Å². The maximum Gasteiger partial charge on any atom is 0.00926 e. The molecule has 1 aliphatic heterocycles. The fourth-order valence-corrected chi connectivity index (χ4v) is 2.74. The van der Waals surface area contributed by atoms with Gasteiger partial charge < -0.3 is 4.90 Å². The fraction of sp³-hybridized carbons (Fsp3) is 1.00. The first-order valence-electron chi connectivity index (χ1n) is 7.12. The molecule has 1 saturated heterocycles. The number of rotatable bonds is 6. The molecule has 0 spiro atoms. The summed E-state index contributed by atoms with van der Waals surface area (Å²) in [5.41, 5.74) is 0. The van der Waals surface area contributed by atoms with Crippen molar-refractivity contribution in [3.05, 3.63) is 0 Å². The van der Waals surface area contributed by atoms with Gasteiger partial charge in [0.05, 0.1) is 0 Å². The number of nitrogens with zero attached hydrogens (tertiary/aromatic N) is 1. The van der Waals surface area contributed by atoms with Crippen molar-refractivity contribution in [1.82, 2.24) is 4.90 Å². The average Bonchev–Trinajstić information content (AvgIpc) is 2.53. The van der Waals surface area contributed by atoms with Crippen molar-refractivity contribution < 1.29 is 0 Å². The highest BCUT2D eigenvalue weighted by molar-refractivity contribution is 4.72. The van der Waals surface area contributed by atoms with E-state index in [0.29, 0.717) is 0 Å². The molecule has 0 bridgehead atoms. The lowest BCUT2D eigenvalue weighted by molar-refractivity contribution is 0.185. The van der Waals surface area contributed by atoms with Crippen LogP contribution in [-0.2, 0) is 0 Å². The fourth-order valence-electron chi connectivity index (χ4n) is 2.74. The van der Waals surface area contributed by atoms with E-state index in [1.54, 1.807) is 0 Å². The van der Waals surface area contributed by atoms with Crippen molar-refractivity contribution >= 4 is 0 Å². The predicted octanol–water partition coefficient (Wildman–Crippen LogP) is 4.22. The van der Waals surface area contributed by atoms with Gasteiger partial charge in [-0.1, -0.05) is 46.0 Å². The number of hydrogen-bond acceptors (Lipinski definition) is 1. The van der Waals surface area contributed by atoms with E-state index >= 15 is 0 Å². The lowest BCUT2D eigenvalue weighted by Crippen LogP contribution is -2.35. The van der Waals surface area contributed by atoms with Crippen molar-refractivity contribution in [2.24, 2.45) is 0 Å². The molecule has 1 unspecified atom stereocenters. The summed E-state index contributed by atoms with van der Waals surface area (Å²) in [7, 11) is 0. The predicted molar refractivity (Wildman–Crippen MR) is 68.3 cm³/mol. The lowest BCUT2D eigenvalue weighted by Gasteiger charge is -2.29. The molecule has 0 aromatic heterocycles. The van der Waals surface area contributed by atoms with Crippen molar-refractivity contribution in [2.45, 2.75) is 77.7 Å². The summed E-state index contributed by atoms with van der Waals surface area (Å²) in [6.07, 6.45) is 12.8. The van der Waals surface area contributed by atoms with E-state index in [1.165, 1.54) is 70.9 Å². The highest BCUT2D eigenvalue weighted by Gasteiger charge is 2.17. The van der Waals surface area contributed by atoms with E-state index in [1.807, 2.05) is 0 Å². The number of hydrogen-bond donors (Lipinski definition) is 0. The number of unbranched alkanes of at least 4 members (excludes halogenated alkanes) is 2. The molecule has 0 aromatic rings. The quantitative estimate of drug-likeness (QED) is 0.595. The molecular formula is C14H29N. The van der Waals surface area contributed by atoms with Gasteiger partial charge in [0, 0.05) is 6.04 Å². The van der Waals surface area contributed by atoms with Gasteiger partial charge in [-0.25, -0.2) is 0 Å². The van der Waals surface area contributed by atoms with Crippen LogP contribution in [0, 0.1) is 0 Å². The van der Waals surface area contributed by atoms with Gasteiger partial charge in [-0.05, 0) is 38.8 Å². The van der Waals surface area contributed by atoms with Gasteiger partial charge in [-0.15, -0.1) is 0 Å². The van der Waals surface area contributed by atoms with Crippen LogP contribution in [-0.4, -0.2) is 24.0 Å². The molecular weight excluding hydrogens is 182 g/mol. The molecule has 1 nitrogen and oxygen atoms in total. The molecule has 0 aromatic carbocycles. The minimum Gasteiger partial charge on any atom is -0.300 e. The summed E-state index contributed by atoms with van der Waals surface area (Å²) in [5.74, 6) is 0. The Kier molecular flexibility index (Phi) is 7.08. The van der Waals surface area contributed by atoms with Crippen LogP contribution in [0.2, 0.25) is 0 Å². The second-order valence-electron chi connectivity index (χ2n) is 5.01. The summed E-state index contributed by atoms with van der Waals surface area (Å²) < 4.78 is 0. The second-order valence-corrected chi connectivity index (χ2v) is 5.01. The molecule has 1 heteroatoms. The summed E-state index contributed by atoms with van der Waals surface area (Å²) >= 11 is 0. The summed E-state index contributed by atoms with van der Waals surface area (Å²) in [5, 5.41) is 0. The summed E-state index contributed by atoms with van der Waals surface area (Å²) in [6.45, 7) is 7.39. The summed E-state index contributed by atoms with van der Waals surface area (Å²) in [6, 6.07) is 0.884. The zero-order valence-electron chi connectivity index (χ0n) is 10.8. The van der Waals surface area contributed by atoms with Crippen molar-refractivity contribution in [2.75, 3.05) is 13.1 Å². The van der Waals surface area contributed by atoms with E-state index in [9.17, 15) is 0 Å². The molecule has 1 aliphatic rings. The van der Waals surface area contributed by atoms with Gasteiger partial charge in [0.25, 0.3) is 0 Å². The Morgan fingerprint density at radius 2 is 1.60 bits per heavy atom. The Morgan fingerprint density at radius 1 is 0.933 bits per heavy atom. The molecule has 0 N–H and O–H groups in total. The van der Waals surface area contributed by atoms with Crippen molar-refractivity contribution in [3.63, 3.8) is 0 Å². The van der Waals surface area contributed by atoms with Crippen LogP contribution in [0.4, 0.5) is 0 Å². The first-order chi connectivity index (χ1) is 7.38. The van der Waals surface area contributed by atoms with E-state index < -0.39 is 0 Å². The van der Waals surface area contributed by atoms with Crippen LogP contribution in [0.15, 0.2) is 0 Å². The molecule has 90 valence electrons. The van der Waals surface area contributed by atoms with Gasteiger partial charge in [-0.3, -0.25) is 0 Å². The largest absolute Gasteiger partial charge is 0.300 e. The van der Waals surface area contributed by atoms with Crippen molar-refractivity contribution in [3.8, 4) is 0 Å². The monoisotopic (exact) mass is 211 g/mol. The molecule has 0 radical (unpaired) electrons. The van der Waals surface area contributed by atoms with Gasteiger partial charge in [0.2, 0.25) is 0 Å². The van der Waals surface area contributed by atoms with Gasteiger partial charge in [-0.2, -0.15) is 0 Å². The second kappa shape index (κ2) is 8.15. The number of likely N-dealkylation sites (tertiary alicyclic amines) is 1. The Balaban J connectivity index is 2.27. The SMILES string of the molecule is CCCCCC(CC)N1CCCCCC1. The van der Waals surface area contributed by atoms with Crippen LogP contribution in [0.25, 0.3) is 0 Å². The minimum absolute atomic E-state index is 0.884. The third-order valence-electron chi connectivity index (χ3n) is 3.77. The maximum atomic E-state index is 2.77. The van der Waals surface area contributed by atoms with Gasteiger partial charge >= 0.3 is 0 Å². The van der Waals surface area contributed by atoms with E-state index in [4.69, 9.17) is 0 Å². The smallest absolute Gasteiger partial charge is 0.00926 e. The average molecular weight is 211 g/mol. The molecule has 0 amide bonds. The minimum atomic E-state index is 0.884. The first kappa shape index (κ1) is 13.0.